The Morgan fingerprint density at radius 3 is 2.39 bits per heavy atom. The van der Waals surface area contributed by atoms with Gasteiger partial charge in [0, 0.05) is 36.9 Å². The fourth-order valence-electron chi connectivity index (χ4n) is 3.46. The van der Waals surface area contributed by atoms with Crippen LogP contribution in [0.25, 0.3) is 0 Å². The number of hydrogen-bond acceptors (Lipinski definition) is 4. The van der Waals surface area contributed by atoms with E-state index in [1.165, 1.54) is 18.2 Å². The van der Waals surface area contributed by atoms with Crippen LogP contribution in [0.4, 0.5) is 10.1 Å². The molecule has 5 nitrogen and oxygen atoms in total. The number of piperazine rings is 1. The Balaban J connectivity index is 1.64. The maximum atomic E-state index is 13.2. The van der Waals surface area contributed by atoms with Crippen molar-refractivity contribution >= 4 is 52.5 Å². The van der Waals surface area contributed by atoms with Crippen LogP contribution in [0.2, 0.25) is 10.0 Å². The number of thioether (sulfide) groups is 1. The van der Waals surface area contributed by atoms with Crippen LogP contribution in [0, 0.1) is 5.82 Å². The molecule has 3 rings (SSSR count). The van der Waals surface area contributed by atoms with Gasteiger partial charge in [-0.1, -0.05) is 23.2 Å². The molecule has 1 aliphatic rings. The van der Waals surface area contributed by atoms with Gasteiger partial charge in [0.05, 0.1) is 10.6 Å². The molecule has 166 valence electrons. The zero-order valence-corrected chi connectivity index (χ0v) is 19.4. The summed E-state index contributed by atoms with van der Waals surface area (Å²) in [5.41, 5.74) is 1.22. The fourth-order valence-corrected chi connectivity index (χ4v) is 4.43. The molecule has 1 aliphatic heterocycles. The lowest BCUT2D eigenvalue weighted by Crippen LogP contribution is -2.55. The standard InChI is InChI=1S/C22H24Cl2FN3O2S/c1-31-13-8-20(26-21(29)18-7-2-15(23)14-19(18)24)22(30)28-11-9-27(10-12-28)17-5-3-16(25)4-6-17/h2-7,14,20H,8-13H2,1H3,(H,26,29). The number of benzene rings is 2. The number of nitrogens with zero attached hydrogens (tertiary/aromatic N) is 2. The predicted molar refractivity (Wildman–Crippen MR) is 126 cm³/mol. The van der Waals surface area contributed by atoms with Crippen LogP contribution in [0.15, 0.2) is 42.5 Å². The van der Waals surface area contributed by atoms with Crippen LogP contribution in [0.1, 0.15) is 16.8 Å². The van der Waals surface area contributed by atoms with Crippen LogP contribution in [0.3, 0.4) is 0 Å². The van der Waals surface area contributed by atoms with Crippen molar-refractivity contribution < 1.29 is 14.0 Å². The third kappa shape index (κ3) is 6.28. The van der Waals surface area contributed by atoms with Gasteiger partial charge in [0.2, 0.25) is 5.91 Å². The molecular formula is C22H24Cl2FN3O2S. The summed E-state index contributed by atoms with van der Waals surface area (Å²) in [6, 6.07) is 10.4. The number of hydrogen-bond donors (Lipinski definition) is 1. The van der Waals surface area contributed by atoms with Crippen molar-refractivity contribution in [2.24, 2.45) is 0 Å². The van der Waals surface area contributed by atoms with E-state index < -0.39 is 11.9 Å². The molecular weight excluding hydrogens is 460 g/mol. The first-order valence-corrected chi connectivity index (χ1v) is 12.1. The molecule has 2 amide bonds. The Morgan fingerprint density at radius 1 is 1.10 bits per heavy atom. The van der Waals surface area contributed by atoms with E-state index in [2.05, 4.69) is 10.2 Å². The first-order chi connectivity index (χ1) is 14.9. The van der Waals surface area contributed by atoms with Crippen molar-refractivity contribution in [3.63, 3.8) is 0 Å². The lowest BCUT2D eigenvalue weighted by Gasteiger charge is -2.37. The molecule has 0 saturated carbocycles. The minimum absolute atomic E-state index is 0.105. The van der Waals surface area contributed by atoms with Gasteiger partial charge in [-0.25, -0.2) is 4.39 Å². The van der Waals surface area contributed by atoms with Gasteiger partial charge < -0.3 is 15.1 Å². The second-order valence-electron chi connectivity index (χ2n) is 7.22. The van der Waals surface area contributed by atoms with Crippen LogP contribution in [0.5, 0.6) is 0 Å². The molecule has 9 heteroatoms. The molecule has 2 aromatic rings. The molecule has 0 aliphatic carbocycles. The summed E-state index contributed by atoms with van der Waals surface area (Å²) < 4.78 is 13.2. The van der Waals surface area contributed by atoms with Crippen LogP contribution >= 0.6 is 35.0 Å². The van der Waals surface area contributed by atoms with Gasteiger partial charge in [0.15, 0.2) is 0 Å². The molecule has 0 spiro atoms. The topological polar surface area (TPSA) is 52.7 Å². The van der Waals surface area contributed by atoms with Crippen molar-refractivity contribution in [2.75, 3.05) is 43.1 Å². The molecule has 1 unspecified atom stereocenters. The molecule has 0 bridgehead atoms. The van der Waals surface area contributed by atoms with E-state index in [-0.39, 0.29) is 22.3 Å². The van der Waals surface area contributed by atoms with Crippen molar-refractivity contribution in [3.8, 4) is 0 Å². The van der Waals surface area contributed by atoms with E-state index in [0.717, 1.165) is 11.4 Å². The lowest BCUT2D eigenvalue weighted by atomic mass is 10.1. The van der Waals surface area contributed by atoms with Crippen molar-refractivity contribution in [3.05, 3.63) is 63.9 Å². The SMILES string of the molecule is CSCCC(NC(=O)c1ccc(Cl)cc1Cl)C(=O)N1CCN(c2ccc(F)cc2)CC1. The molecule has 2 aromatic carbocycles. The van der Waals surface area contributed by atoms with Crippen molar-refractivity contribution in [1.82, 2.24) is 10.2 Å². The number of anilines is 1. The van der Waals surface area contributed by atoms with Crippen LogP contribution < -0.4 is 10.2 Å². The summed E-state index contributed by atoms with van der Waals surface area (Å²) in [6.07, 6.45) is 2.48. The Bertz CT molecular complexity index is 921. The number of nitrogens with one attached hydrogen (secondary N) is 1. The van der Waals surface area contributed by atoms with Gasteiger partial charge in [-0.15, -0.1) is 0 Å². The van der Waals surface area contributed by atoms with E-state index >= 15 is 0 Å². The largest absolute Gasteiger partial charge is 0.368 e. The quantitative estimate of drug-likeness (QED) is 0.636. The normalized spacial score (nSPS) is 15.0. The number of carbonyl (C=O) groups is 2. The van der Waals surface area contributed by atoms with Crippen LogP contribution in [-0.4, -0.2) is 60.9 Å². The highest BCUT2D eigenvalue weighted by atomic mass is 35.5. The first-order valence-electron chi connectivity index (χ1n) is 9.93. The summed E-state index contributed by atoms with van der Waals surface area (Å²) in [5.74, 6) is -0.0383. The molecule has 1 N–H and O–H groups in total. The van der Waals surface area contributed by atoms with Gasteiger partial charge in [-0.2, -0.15) is 11.8 Å². The molecule has 1 heterocycles. The number of carbonyl (C=O) groups excluding carboxylic acids is 2. The summed E-state index contributed by atoms with van der Waals surface area (Å²) in [5, 5.41) is 3.53. The third-order valence-electron chi connectivity index (χ3n) is 5.17. The molecule has 31 heavy (non-hydrogen) atoms. The average molecular weight is 484 g/mol. The summed E-state index contributed by atoms with van der Waals surface area (Å²) >= 11 is 13.7. The lowest BCUT2D eigenvalue weighted by molar-refractivity contribution is -0.133. The Labute approximate surface area is 195 Å². The maximum absolute atomic E-state index is 13.2. The van der Waals surface area contributed by atoms with Crippen molar-refractivity contribution in [2.45, 2.75) is 12.5 Å². The monoisotopic (exact) mass is 483 g/mol. The highest BCUT2D eigenvalue weighted by molar-refractivity contribution is 7.98. The maximum Gasteiger partial charge on any atom is 0.253 e. The van der Waals surface area contributed by atoms with Gasteiger partial charge in [0.1, 0.15) is 11.9 Å². The van der Waals surface area contributed by atoms with Gasteiger partial charge >= 0.3 is 0 Å². The van der Waals surface area contributed by atoms with Crippen LogP contribution in [-0.2, 0) is 4.79 Å². The van der Waals surface area contributed by atoms with E-state index in [4.69, 9.17) is 23.2 Å². The molecule has 1 atom stereocenters. The highest BCUT2D eigenvalue weighted by Gasteiger charge is 2.29. The van der Waals surface area contributed by atoms with Gasteiger partial charge in [-0.3, -0.25) is 9.59 Å². The minimum Gasteiger partial charge on any atom is -0.368 e. The smallest absolute Gasteiger partial charge is 0.253 e. The second kappa shape index (κ2) is 11.1. The van der Waals surface area contributed by atoms with E-state index in [9.17, 15) is 14.0 Å². The molecule has 1 saturated heterocycles. The summed E-state index contributed by atoms with van der Waals surface area (Å²) in [4.78, 5) is 29.8. The zero-order valence-electron chi connectivity index (χ0n) is 17.1. The Hall–Kier alpha value is -1.96. The average Bonchev–Trinajstić information content (AvgIpc) is 2.76. The summed E-state index contributed by atoms with van der Waals surface area (Å²) in [6.45, 7) is 2.35. The minimum atomic E-state index is -0.635. The fraction of sp³-hybridized carbons (Fsp3) is 0.364. The second-order valence-corrected chi connectivity index (χ2v) is 9.05. The predicted octanol–water partition coefficient (Wildman–Crippen LogP) is 4.33. The number of halogens is 3. The highest BCUT2D eigenvalue weighted by Crippen LogP contribution is 2.22. The third-order valence-corrected chi connectivity index (χ3v) is 6.36. The van der Waals surface area contributed by atoms with Gasteiger partial charge in [-0.05, 0) is 60.9 Å². The first kappa shape index (κ1) is 23.7. The summed E-state index contributed by atoms with van der Waals surface area (Å²) in [7, 11) is 0. The molecule has 1 fully saturated rings. The Kier molecular flexibility index (Phi) is 8.46. The number of rotatable bonds is 7. The molecule has 0 radical (unpaired) electrons. The molecule has 0 aromatic heterocycles. The van der Waals surface area contributed by atoms with E-state index in [1.54, 1.807) is 40.9 Å². The van der Waals surface area contributed by atoms with Crippen molar-refractivity contribution in [1.29, 1.82) is 0 Å². The van der Waals surface area contributed by atoms with E-state index in [1.807, 2.05) is 6.26 Å². The van der Waals surface area contributed by atoms with E-state index in [0.29, 0.717) is 37.6 Å². The van der Waals surface area contributed by atoms with Gasteiger partial charge in [0.25, 0.3) is 5.91 Å². The number of amides is 2. The zero-order chi connectivity index (χ0) is 22.4. The Morgan fingerprint density at radius 2 is 1.77 bits per heavy atom.